The maximum absolute atomic E-state index is 12.2. The van der Waals surface area contributed by atoms with Crippen LogP contribution in [-0.4, -0.2) is 19.7 Å². The molecule has 0 unspecified atom stereocenters. The number of rotatable bonds is 4. The Hall–Kier alpha value is -3.74. The van der Waals surface area contributed by atoms with E-state index in [4.69, 9.17) is 4.52 Å². The second-order valence-corrected chi connectivity index (χ2v) is 7.16. The largest absolute Gasteiger partial charge is 0.334 e. The molecule has 0 aliphatic rings. The van der Waals surface area contributed by atoms with Crippen molar-refractivity contribution < 1.29 is 4.52 Å². The molecule has 0 bridgehead atoms. The smallest absolute Gasteiger partial charge is 0.316 e. The standard InChI is InChI=1S/C22H20N4O3/c1-13(2)26-18-10-9-16(12-17(18)23-21(27)22(26)28)20-24-19(29-25-20)11-8-15-6-4-14(3)5-7-15/h4-13H,1-3H3,(H,23,27)/b11-8+. The van der Waals surface area contributed by atoms with E-state index in [2.05, 4.69) is 15.1 Å². The van der Waals surface area contributed by atoms with Crippen LogP contribution in [0.5, 0.6) is 0 Å². The minimum atomic E-state index is -0.654. The molecule has 2 aromatic carbocycles. The van der Waals surface area contributed by atoms with Crippen LogP contribution in [-0.2, 0) is 0 Å². The van der Waals surface area contributed by atoms with Crippen molar-refractivity contribution in [3.05, 3.63) is 80.2 Å². The monoisotopic (exact) mass is 388 g/mol. The first kappa shape index (κ1) is 18.6. The van der Waals surface area contributed by atoms with Crippen molar-refractivity contribution >= 4 is 23.2 Å². The van der Waals surface area contributed by atoms with Gasteiger partial charge in [0.05, 0.1) is 11.0 Å². The third-order valence-corrected chi connectivity index (χ3v) is 4.63. The van der Waals surface area contributed by atoms with Crippen LogP contribution in [0.3, 0.4) is 0 Å². The molecule has 0 fully saturated rings. The van der Waals surface area contributed by atoms with Crippen molar-refractivity contribution in [2.24, 2.45) is 0 Å². The van der Waals surface area contributed by atoms with Crippen LogP contribution in [0, 0.1) is 6.92 Å². The summed E-state index contributed by atoms with van der Waals surface area (Å²) in [6, 6.07) is 13.3. The molecule has 4 aromatic rings. The summed E-state index contributed by atoms with van der Waals surface area (Å²) in [6.45, 7) is 5.76. The second kappa shape index (κ2) is 7.35. The topological polar surface area (TPSA) is 93.8 Å². The molecule has 7 heteroatoms. The van der Waals surface area contributed by atoms with Gasteiger partial charge in [0.15, 0.2) is 0 Å². The zero-order valence-corrected chi connectivity index (χ0v) is 16.3. The lowest BCUT2D eigenvalue weighted by Gasteiger charge is -2.13. The molecule has 7 nitrogen and oxygen atoms in total. The third-order valence-electron chi connectivity index (χ3n) is 4.63. The molecule has 2 heterocycles. The zero-order valence-electron chi connectivity index (χ0n) is 16.3. The van der Waals surface area contributed by atoms with Gasteiger partial charge in [-0.1, -0.05) is 35.0 Å². The number of aryl methyl sites for hydroxylation is 1. The lowest BCUT2D eigenvalue weighted by atomic mass is 10.1. The molecule has 0 aliphatic heterocycles. The van der Waals surface area contributed by atoms with E-state index in [0.29, 0.717) is 28.3 Å². The summed E-state index contributed by atoms with van der Waals surface area (Å²) in [5.74, 6) is 0.778. The molecule has 29 heavy (non-hydrogen) atoms. The molecule has 0 radical (unpaired) electrons. The van der Waals surface area contributed by atoms with Gasteiger partial charge in [-0.25, -0.2) is 0 Å². The summed E-state index contributed by atoms with van der Waals surface area (Å²) in [6.07, 6.45) is 3.65. The predicted octanol–water partition coefficient (Wildman–Crippen LogP) is 3.80. The lowest BCUT2D eigenvalue weighted by Crippen LogP contribution is -2.37. The van der Waals surface area contributed by atoms with E-state index >= 15 is 0 Å². The third kappa shape index (κ3) is 3.67. The van der Waals surface area contributed by atoms with E-state index in [1.165, 1.54) is 10.1 Å². The van der Waals surface area contributed by atoms with Gasteiger partial charge in [0.25, 0.3) is 5.89 Å². The Kier molecular flexibility index (Phi) is 4.72. The number of hydrogen-bond acceptors (Lipinski definition) is 5. The first-order chi connectivity index (χ1) is 13.9. The average molecular weight is 388 g/mol. The van der Waals surface area contributed by atoms with Crippen LogP contribution in [0.2, 0.25) is 0 Å². The van der Waals surface area contributed by atoms with Gasteiger partial charge in [0, 0.05) is 17.7 Å². The van der Waals surface area contributed by atoms with Crippen molar-refractivity contribution in [2.45, 2.75) is 26.8 Å². The first-order valence-electron chi connectivity index (χ1n) is 9.30. The fourth-order valence-electron chi connectivity index (χ4n) is 3.16. The first-order valence-corrected chi connectivity index (χ1v) is 9.30. The van der Waals surface area contributed by atoms with E-state index < -0.39 is 11.1 Å². The molecular weight excluding hydrogens is 368 g/mol. The minimum absolute atomic E-state index is 0.137. The lowest BCUT2D eigenvalue weighted by molar-refractivity contribution is 0.411. The van der Waals surface area contributed by atoms with Crippen LogP contribution in [0.15, 0.2) is 56.6 Å². The molecule has 0 aliphatic carbocycles. The van der Waals surface area contributed by atoms with Gasteiger partial charge >= 0.3 is 11.1 Å². The fraction of sp³-hybridized carbons (Fsp3) is 0.182. The highest BCUT2D eigenvalue weighted by molar-refractivity contribution is 5.80. The molecule has 0 amide bonds. The van der Waals surface area contributed by atoms with Gasteiger partial charge in [-0.3, -0.25) is 14.2 Å². The predicted molar refractivity (Wildman–Crippen MR) is 113 cm³/mol. The Morgan fingerprint density at radius 1 is 1.07 bits per heavy atom. The molecule has 146 valence electrons. The van der Waals surface area contributed by atoms with E-state index in [-0.39, 0.29) is 6.04 Å². The highest BCUT2D eigenvalue weighted by atomic mass is 16.5. The Balaban J connectivity index is 1.69. The Bertz CT molecular complexity index is 1320. The maximum atomic E-state index is 12.2. The molecule has 4 rings (SSSR count). The summed E-state index contributed by atoms with van der Waals surface area (Å²) in [4.78, 5) is 31.2. The van der Waals surface area contributed by atoms with Gasteiger partial charge in [-0.15, -0.1) is 0 Å². The van der Waals surface area contributed by atoms with Crippen LogP contribution < -0.4 is 11.1 Å². The van der Waals surface area contributed by atoms with Gasteiger partial charge in [0.1, 0.15) is 0 Å². The SMILES string of the molecule is Cc1ccc(/C=C/c2nc(-c3ccc4c(c3)[nH]c(=O)c(=O)n4C(C)C)no2)cc1. The second-order valence-electron chi connectivity index (χ2n) is 7.16. The summed E-state index contributed by atoms with van der Waals surface area (Å²) in [7, 11) is 0. The van der Waals surface area contributed by atoms with E-state index in [0.717, 1.165) is 5.56 Å². The molecule has 0 saturated carbocycles. The van der Waals surface area contributed by atoms with Crippen LogP contribution in [0.4, 0.5) is 0 Å². The highest BCUT2D eigenvalue weighted by Gasteiger charge is 2.13. The number of aromatic amines is 1. The summed E-state index contributed by atoms with van der Waals surface area (Å²) in [5.41, 5.74) is 2.88. The molecule has 0 saturated heterocycles. The zero-order chi connectivity index (χ0) is 20.5. The van der Waals surface area contributed by atoms with E-state index in [1.54, 1.807) is 24.3 Å². The van der Waals surface area contributed by atoms with Crippen molar-refractivity contribution in [3.63, 3.8) is 0 Å². The quantitative estimate of drug-likeness (QED) is 0.537. The van der Waals surface area contributed by atoms with Crippen molar-refractivity contribution in [1.82, 2.24) is 19.7 Å². The van der Waals surface area contributed by atoms with Crippen molar-refractivity contribution in [1.29, 1.82) is 0 Å². The molecular formula is C22H20N4O3. The van der Waals surface area contributed by atoms with E-state index in [1.807, 2.05) is 51.1 Å². The normalized spacial score (nSPS) is 11.7. The fourth-order valence-corrected chi connectivity index (χ4v) is 3.16. The maximum Gasteiger partial charge on any atom is 0.316 e. The van der Waals surface area contributed by atoms with Crippen LogP contribution in [0.1, 0.15) is 36.9 Å². The average Bonchev–Trinajstić information content (AvgIpc) is 3.17. The van der Waals surface area contributed by atoms with Crippen LogP contribution in [0.25, 0.3) is 34.6 Å². The number of benzene rings is 2. The molecule has 2 aromatic heterocycles. The van der Waals surface area contributed by atoms with Gasteiger partial charge in [0.2, 0.25) is 5.82 Å². The number of aromatic nitrogens is 4. The van der Waals surface area contributed by atoms with E-state index in [9.17, 15) is 9.59 Å². The number of hydrogen-bond donors (Lipinski definition) is 1. The van der Waals surface area contributed by atoms with Gasteiger partial charge in [-0.2, -0.15) is 4.98 Å². The molecule has 0 spiro atoms. The number of fused-ring (bicyclic) bond motifs is 1. The summed E-state index contributed by atoms with van der Waals surface area (Å²) in [5, 5.41) is 4.02. The minimum Gasteiger partial charge on any atom is -0.334 e. The summed E-state index contributed by atoms with van der Waals surface area (Å²) >= 11 is 0. The van der Waals surface area contributed by atoms with Gasteiger partial charge < -0.3 is 9.51 Å². The van der Waals surface area contributed by atoms with Crippen molar-refractivity contribution in [2.75, 3.05) is 0 Å². The molecule has 0 atom stereocenters. The number of nitrogens with one attached hydrogen (secondary N) is 1. The summed E-state index contributed by atoms with van der Waals surface area (Å²) < 4.78 is 6.78. The van der Waals surface area contributed by atoms with Crippen molar-refractivity contribution in [3.8, 4) is 11.4 Å². The van der Waals surface area contributed by atoms with Crippen LogP contribution >= 0.6 is 0 Å². The number of H-pyrrole nitrogens is 1. The molecule has 1 N–H and O–H groups in total. The highest BCUT2D eigenvalue weighted by Crippen LogP contribution is 2.22. The Morgan fingerprint density at radius 2 is 1.83 bits per heavy atom. The Labute approximate surface area is 166 Å². The Morgan fingerprint density at radius 3 is 2.55 bits per heavy atom. The number of nitrogens with zero attached hydrogens (tertiary/aromatic N) is 3. The van der Waals surface area contributed by atoms with Gasteiger partial charge in [-0.05, 0) is 50.6 Å².